The van der Waals surface area contributed by atoms with Gasteiger partial charge in [-0.15, -0.1) is 24.0 Å². The highest BCUT2D eigenvalue weighted by atomic mass is 127. The van der Waals surface area contributed by atoms with Crippen LogP contribution in [-0.4, -0.2) is 44.3 Å². The van der Waals surface area contributed by atoms with Gasteiger partial charge in [0.15, 0.2) is 17.5 Å². The van der Waals surface area contributed by atoms with Gasteiger partial charge in [-0.1, -0.05) is 6.07 Å². The first-order valence-electron chi connectivity index (χ1n) is 8.48. The van der Waals surface area contributed by atoms with E-state index in [-0.39, 0.29) is 24.0 Å². The van der Waals surface area contributed by atoms with Crippen molar-refractivity contribution in [1.29, 1.82) is 0 Å². The molecule has 1 saturated carbocycles. The molecule has 0 bridgehead atoms. The lowest BCUT2D eigenvalue weighted by molar-refractivity contribution is 0.354. The van der Waals surface area contributed by atoms with Crippen molar-refractivity contribution in [2.45, 2.75) is 44.0 Å². The molecule has 5 nitrogen and oxygen atoms in total. The molecule has 1 fully saturated rings. The first kappa shape index (κ1) is 22.2. The highest BCUT2D eigenvalue weighted by Crippen LogP contribution is 2.29. The summed E-state index contributed by atoms with van der Waals surface area (Å²) in [6, 6.07) is 6.44. The van der Waals surface area contributed by atoms with E-state index >= 15 is 0 Å². The number of nitrogens with one attached hydrogen (secondary N) is 2. The van der Waals surface area contributed by atoms with E-state index in [4.69, 9.17) is 14.5 Å². The number of aliphatic imine (C=N–C) groups is 1. The minimum Gasteiger partial charge on any atom is -0.493 e. The third kappa shape index (κ3) is 6.77. The molecule has 0 amide bonds. The Kier molecular flexibility index (Phi) is 10.4. The van der Waals surface area contributed by atoms with Crippen LogP contribution in [0.1, 0.15) is 31.7 Å². The van der Waals surface area contributed by atoms with Gasteiger partial charge in [-0.2, -0.15) is 11.8 Å². The molecule has 1 aliphatic rings. The highest BCUT2D eigenvalue weighted by molar-refractivity contribution is 14.0. The third-order valence-electron chi connectivity index (χ3n) is 4.27. The molecule has 1 aliphatic carbocycles. The Hall–Kier alpha value is -0.830. The lowest BCUT2D eigenvalue weighted by atomic mass is 10.2. The molecule has 0 aliphatic heterocycles. The van der Waals surface area contributed by atoms with Crippen molar-refractivity contribution < 1.29 is 9.47 Å². The van der Waals surface area contributed by atoms with Crippen molar-refractivity contribution in [3.8, 4) is 11.5 Å². The lowest BCUT2D eigenvalue weighted by Gasteiger charge is -2.17. The number of thioether (sulfide) groups is 1. The molecule has 2 atom stereocenters. The van der Waals surface area contributed by atoms with Crippen molar-refractivity contribution in [3.05, 3.63) is 23.8 Å². The summed E-state index contributed by atoms with van der Waals surface area (Å²) in [6.07, 6.45) is 5.91. The van der Waals surface area contributed by atoms with Gasteiger partial charge in [-0.05, 0) is 50.1 Å². The van der Waals surface area contributed by atoms with Crippen LogP contribution in [0.5, 0.6) is 11.5 Å². The van der Waals surface area contributed by atoms with Crippen LogP contribution in [0.25, 0.3) is 0 Å². The van der Waals surface area contributed by atoms with E-state index in [1.165, 1.54) is 19.3 Å². The van der Waals surface area contributed by atoms with Crippen LogP contribution in [-0.2, 0) is 6.54 Å². The summed E-state index contributed by atoms with van der Waals surface area (Å²) in [5.41, 5.74) is 1.10. The van der Waals surface area contributed by atoms with E-state index in [0.29, 0.717) is 12.6 Å². The van der Waals surface area contributed by atoms with Gasteiger partial charge in [0.2, 0.25) is 0 Å². The number of halogens is 1. The fourth-order valence-corrected chi connectivity index (χ4v) is 3.74. The zero-order chi connectivity index (χ0) is 17.4. The number of methoxy groups -OCH3 is 2. The summed E-state index contributed by atoms with van der Waals surface area (Å²) >= 11 is 1.97. The second-order valence-corrected chi connectivity index (χ2v) is 7.03. The van der Waals surface area contributed by atoms with Gasteiger partial charge in [0.05, 0.1) is 20.8 Å². The minimum atomic E-state index is 0. The maximum atomic E-state index is 5.36. The van der Waals surface area contributed by atoms with E-state index in [0.717, 1.165) is 34.8 Å². The van der Waals surface area contributed by atoms with Crippen molar-refractivity contribution in [1.82, 2.24) is 10.6 Å². The molecular weight excluding hydrogens is 449 g/mol. The molecule has 142 valence electrons. The number of hydrogen-bond donors (Lipinski definition) is 2. The summed E-state index contributed by atoms with van der Waals surface area (Å²) in [5.74, 6) is 2.37. The maximum Gasteiger partial charge on any atom is 0.191 e. The van der Waals surface area contributed by atoms with Crippen molar-refractivity contribution in [2.24, 2.45) is 4.99 Å². The average molecular weight is 479 g/mol. The standard InChI is InChI=1S/C18H29N3O2S.HI/c1-5-19-18(21-14-7-8-15(11-14)24-4)20-12-13-6-9-16(22-2)17(10-13)23-3;/h6,9-10,14-15H,5,7-8,11-12H2,1-4H3,(H2,19,20,21);1H. The second-order valence-electron chi connectivity index (χ2n) is 5.90. The second kappa shape index (κ2) is 11.7. The summed E-state index contributed by atoms with van der Waals surface area (Å²) in [5, 5.41) is 7.69. The molecule has 2 rings (SSSR count). The van der Waals surface area contributed by atoms with Gasteiger partial charge in [-0.3, -0.25) is 0 Å². The van der Waals surface area contributed by atoms with Gasteiger partial charge >= 0.3 is 0 Å². The summed E-state index contributed by atoms with van der Waals surface area (Å²) in [7, 11) is 3.30. The lowest BCUT2D eigenvalue weighted by Crippen LogP contribution is -2.42. The predicted octanol–water partition coefficient (Wildman–Crippen LogP) is 3.66. The molecule has 2 N–H and O–H groups in total. The molecule has 1 aromatic rings. The highest BCUT2D eigenvalue weighted by Gasteiger charge is 2.24. The van der Waals surface area contributed by atoms with Gasteiger partial charge in [0.1, 0.15) is 0 Å². The van der Waals surface area contributed by atoms with Crippen molar-refractivity contribution in [3.63, 3.8) is 0 Å². The van der Waals surface area contributed by atoms with Crippen LogP contribution in [0.3, 0.4) is 0 Å². The Morgan fingerprint density at radius 3 is 2.60 bits per heavy atom. The molecule has 2 unspecified atom stereocenters. The predicted molar refractivity (Wildman–Crippen MR) is 118 cm³/mol. The normalized spacial score (nSPS) is 19.9. The van der Waals surface area contributed by atoms with Crippen LogP contribution in [0.4, 0.5) is 0 Å². The number of nitrogens with zero attached hydrogens (tertiary/aromatic N) is 1. The SMILES string of the molecule is CCNC(=NCc1ccc(OC)c(OC)c1)NC1CCC(SC)C1.I. The minimum absolute atomic E-state index is 0. The Labute approximate surface area is 172 Å². The summed E-state index contributed by atoms with van der Waals surface area (Å²) in [6.45, 7) is 3.55. The number of rotatable bonds is 7. The Morgan fingerprint density at radius 2 is 2.00 bits per heavy atom. The number of ether oxygens (including phenoxy) is 2. The zero-order valence-corrected chi connectivity index (χ0v) is 18.6. The van der Waals surface area contributed by atoms with E-state index in [2.05, 4.69) is 23.8 Å². The third-order valence-corrected chi connectivity index (χ3v) is 5.37. The summed E-state index contributed by atoms with van der Waals surface area (Å²) in [4.78, 5) is 4.72. The number of benzene rings is 1. The zero-order valence-electron chi connectivity index (χ0n) is 15.5. The first-order valence-corrected chi connectivity index (χ1v) is 9.77. The Bertz CT molecular complexity index is 557. The molecule has 0 spiro atoms. The maximum absolute atomic E-state index is 5.36. The van der Waals surface area contributed by atoms with Crippen molar-refractivity contribution >= 4 is 41.7 Å². The van der Waals surface area contributed by atoms with E-state index in [1.54, 1.807) is 14.2 Å². The largest absolute Gasteiger partial charge is 0.493 e. The van der Waals surface area contributed by atoms with Crippen LogP contribution < -0.4 is 20.1 Å². The Morgan fingerprint density at radius 1 is 1.24 bits per heavy atom. The van der Waals surface area contributed by atoms with Crippen LogP contribution in [0.2, 0.25) is 0 Å². The van der Waals surface area contributed by atoms with Gasteiger partial charge in [-0.25, -0.2) is 4.99 Å². The fourth-order valence-electron chi connectivity index (χ4n) is 2.95. The topological polar surface area (TPSA) is 54.9 Å². The molecule has 7 heteroatoms. The monoisotopic (exact) mass is 479 g/mol. The van der Waals surface area contributed by atoms with Gasteiger partial charge < -0.3 is 20.1 Å². The smallest absolute Gasteiger partial charge is 0.191 e. The Balaban J connectivity index is 0.00000312. The molecule has 25 heavy (non-hydrogen) atoms. The van der Waals surface area contributed by atoms with E-state index in [1.807, 2.05) is 30.0 Å². The quantitative estimate of drug-likeness (QED) is 0.355. The fraction of sp³-hybridized carbons (Fsp3) is 0.611. The molecule has 0 saturated heterocycles. The molecule has 0 radical (unpaired) electrons. The number of hydrogen-bond acceptors (Lipinski definition) is 4. The van der Waals surface area contributed by atoms with Crippen LogP contribution in [0.15, 0.2) is 23.2 Å². The average Bonchev–Trinajstić information content (AvgIpc) is 3.07. The van der Waals surface area contributed by atoms with Gasteiger partial charge in [0.25, 0.3) is 0 Å². The number of guanidine groups is 1. The molecular formula is C18H30IN3O2S. The van der Waals surface area contributed by atoms with Crippen LogP contribution >= 0.6 is 35.7 Å². The van der Waals surface area contributed by atoms with Crippen LogP contribution in [0, 0.1) is 0 Å². The van der Waals surface area contributed by atoms with Crippen molar-refractivity contribution in [2.75, 3.05) is 27.0 Å². The summed E-state index contributed by atoms with van der Waals surface area (Å²) < 4.78 is 10.6. The molecule has 1 aromatic carbocycles. The molecule has 0 heterocycles. The van der Waals surface area contributed by atoms with Gasteiger partial charge in [0, 0.05) is 17.8 Å². The first-order chi connectivity index (χ1) is 11.7. The van der Waals surface area contributed by atoms with E-state index in [9.17, 15) is 0 Å². The van der Waals surface area contributed by atoms with E-state index < -0.39 is 0 Å². The molecule has 0 aromatic heterocycles.